The van der Waals surface area contributed by atoms with Gasteiger partial charge in [0.2, 0.25) is 0 Å². The molecule has 0 aliphatic carbocycles. The van der Waals surface area contributed by atoms with E-state index in [1.165, 1.54) is 0 Å². The molecule has 0 saturated heterocycles. The van der Waals surface area contributed by atoms with Gasteiger partial charge in [0.25, 0.3) is 5.91 Å². The zero-order chi connectivity index (χ0) is 18.8. The van der Waals surface area contributed by atoms with Gasteiger partial charge in [-0.2, -0.15) is 0 Å². The van der Waals surface area contributed by atoms with Gasteiger partial charge in [-0.3, -0.25) is 9.59 Å². The second-order valence-corrected chi connectivity index (χ2v) is 7.37. The van der Waals surface area contributed by atoms with E-state index in [0.717, 1.165) is 18.4 Å². The molecule has 25 heavy (non-hydrogen) atoms. The number of benzene rings is 1. The molecule has 1 amide bonds. The van der Waals surface area contributed by atoms with Crippen LogP contribution in [0.1, 0.15) is 52.1 Å². The van der Waals surface area contributed by atoms with Crippen molar-refractivity contribution in [3.63, 3.8) is 0 Å². The minimum Gasteiger partial charge on any atom is -0.503 e. The molecule has 0 radical (unpaired) electrons. The van der Waals surface area contributed by atoms with Crippen molar-refractivity contribution in [2.24, 2.45) is 5.41 Å². The first-order valence-electron chi connectivity index (χ1n) is 8.65. The molecule has 5 heteroatoms. The molecule has 2 rings (SSSR count). The van der Waals surface area contributed by atoms with Crippen LogP contribution in [-0.4, -0.2) is 35.4 Å². The number of aliphatic hydroxyl groups excluding tert-OH is 1. The number of rotatable bonds is 6. The summed E-state index contributed by atoms with van der Waals surface area (Å²) < 4.78 is 5.19. The highest BCUT2D eigenvalue weighted by molar-refractivity contribution is 6.10. The third-order valence-corrected chi connectivity index (χ3v) is 4.41. The quantitative estimate of drug-likeness (QED) is 0.851. The predicted molar refractivity (Wildman–Crippen MR) is 96.5 cm³/mol. The Hall–Kier alpha value is -2.30. The minimum atomic E-state index is -0.685. The Morgan fingerprint density at radius 1 is 1.24 bits per heavy atom. The normalized spacial score (nSPS) is 18.0. The number of hydrogen-bond donors (Lipinski definition) is 1. The Morgan fingerprint density at radius 3 is 2.32 bits per heavy atom. The largest absolute Gasteiger partial charge is 0.503 e. The van der Waals surface area contributed by atoms with E-state index < -0.39 is 23.1 Å². The number of ether oxygens (including phenoxy) is 1. The van der Waals surface area contributed by atoms with E-state index in [4.69, 9.17) is 4.74 Å². The molecule has 5 nitrogen and oxygen atoms in total. The van der Waals surface area contributed by atoms with Gasteiger partial charge >= 0.3 is 0 Å². The van der Waals surface area contributed by atoms with Crippen molar-refractivity contribution in [1.29, 1.82) is 0 Å². The van der Waals surface area contributed by atoms with Crippen LogP contribution in [0.15, 0.2) is 35.6 Å². The van der Waals surface area contributed by atoms with Crippen molar-refractivity contribution < 1.29 is 19.4 Å². The summed E-state index contributed by atoms with van der Waals surface area (Å²) >= 11 is 0. The number of unbranched alkanes of at least 4 members (excludes halogenated alkanes) is 1. The van der Waals surface area contributed by atoms with E-state index in [1.54, 1.807) is 44.9 Å². The molecule has 0 aromatic heterocycles. The fraction of sp³-hybridized carbons (Fsp3) is 0.500. The summed E-state index contributed by atoms with van der Waals surface area (Å²) in [6.45, 7) is 7.91. The summed E-state index contributed by atoms with van der Waals surface area (Å²) in [4.78, 5) is 27.1. The van der Waals surface area contributed by atoms with Crippen molar-refractivity contribution in [3.05, 3.63) is 41.2 Å². The van der Waals surface area contributed by atoms with E-state index in [0.29, 0.717) is 12.3 Å². The van der Waals surface area contributed by atoms with Crippen LogP contribution in [0.25, 0.3) is 0 Å². The third-order valence-electron chi connectivity index (χ3n) is 4.41. The van der Waals surface area contributed by atoms with Crippen LogP contribution in [0.4, 0.5) is 0 Å². The molecule has 1 N–H and O–H groups in total. The van der Waals surface area contributed by atoms with Crippen molar-refractivity contribution in [3.8, 4) is 5.75 Å². The average molecular weight is 345 g/mol. The molecule has 0 fully saturated rings. The highest BCUT2D eigenvalue weighted by Gasteiger charge is 2.45. The molecule has 0 bridgehead atoms. The van der Waals surface area contributed by atoms with Crippen LogP contribution >= 0.6 is 0 Å². The third kappa shape index (κ3) is 3.70. The standard InChI is InChI=1S/C20H27NO4/c1-6-7-12-21-16(13-8-10-14(25-5)11-9-13)15(17(22)19(21)24)18(23)20(2,3)4/h8-11,16,22H,6-7,12H2,1-5H3. The maximum atomic E-state index is 12.9. The second kappa shape index (κ2) is 7.30. The number of methoxy groups -OCH3 is 1. The first kappa shape index (κ1) is 19.0. The molecule has 1 aromatic carbocycles. The highest BCUT2D eigenvalue weighted by Crippen LogP contribution is 2.41. The molecule has 1 unspecified atom stereocenters. The fourth-order valence-corrected chi connectivity index (χ4v) is 2.98. The fourth-order valence-electron chi connectivity index (χ4n) is 2.98. The van der Waals surface area contributed by atoms with Crippen molar-refractivity contribution in [2.45, 2.75) is 46.6 Å². The Balaban J connectivity index is 2.52. The summed E-state index contributed by atoms with van der Waals surface area (Å²) in [5, 5.41) is 10.4. The van der Waals surface area contributed by atoms with Crippen LogP contribution in [-0.2, 0) is 9.59 Å². The lowest BCUT2D eigenvalue weighted by atomic mass is 9.82. The Morgan fingerprint density at radius 2 is 1.84 bits per heavy atom. The van der Waals surface area contributed by atoms with Crippen molar-refractivity contribution in [1.82, 2.24) is 4.90 Å². The summed E-state index contributed by atoms with van der Waals surface area (Å²) in [6, 6.07) is 6.71. The van der Waals surface area contributed by atoms with E-state index in [-0.39, 0.29) is 11.4 Å². The molecular formula is C20H27NO4. The minimum absolute atomic E-state index is 0.193. The van der Waals surface area contributed by atoms with E-state index in [9.17, 15) is 14.7 Å². The molecule has 1 aliphatic rings. The molecule has 1 aliphatic heterocycles. The average Bonchev–Trinajstić information content (AvgIpc) is 2.82. The zero-order valence-electron chi connectivity index (χ0n) is 15.6. The van der Waals surface area contributed by atoms with Crippen LogP contribution in [0.5, 0.6) is 5.75 Å². The van der Waals surface area contributed by atoms with Gasteiger partial charge in [-0.25, -0.2) is 0 Å². The molecule has 1 aromatic rings. The SMILES string of the molecule is CCCCN1C(=O)C(O)=C(C(=O)C(C)(C)C)C1c1ccc(OC)cc1. The summed E-state index contributed by atoms with van der Waals surface area (Å²) in [7, 11) is 1.59. The summed E-state index contributed by atoms with van der Waals surface area (Å²) in [5.74, 6) is -0.401. The number of aliphatic hydroxyl groups is 1. The number of carbonyl (C=O) groups is 2. The maximum absolute atomic E-state index is 12.9. The number of nitrogens with zero attached hydrogens (tertiary/aromatic N) is 1. The van der Waals surface area contributed by atoms with Gasteiger partial charge in [0.1, 0.15) is 5.75 Å². The van der Waals surface area contributed by atoms with Gasteiger partial charge in [-0.05, 0) is 24.1 Å². The first-order chi connectivity index (χ1) is 11.7. The number of hydrogen-bond acceptors (Lipinski definition) is 4. The predicted octanol–water partition coefficient (Wildman–Crippen LogP) is 3.81. The summed E-state index contributed by atoms with van der Waals surface area (Å²) in [5.41, 5.74) is 0.301. The first-order valence-corrected chi connectivity index (χ1v) is 8.65. The van der Waals surface area contributed by atoms with Gasteiger partial charge < -0.3 is 14.7 Å². The van der Waals surface area contributed by atoms with Gasteiger partial charge in [0, 0.05) is 12.0 Å². The van der Waals surface area contributed by atoms with Gasteiger partial charge in [-0.15, -0.1) is 0 Å². The van der Waals surface area contributed by atoms with Gasteiger partial charge in [-0.1, -0.05) is 46.2 Å². The van der Waals surface area contributed by atoms with Crippen LogP contribution < -0.4 is 4.74 Å². The molecule has 1 atom stereocenters. The van der Waals surface area contributed by atoms with Crippen LogP contribution in [0.2, 0.25) is 0 Å². The number of ketones is 1. The lowest BCUT2D eigenvalue weighted by Crippen LogP contribution is -2.33. The number of Topliss-reactive ketones (excluding diaryl/α,β-unsaturated/α-hetero) is 1. The van der Waals surface area contributed by atoms with E-state index in [2.05, 4.69) is 0 Å². The lowest BCUT2D eigenvalue weighted by Gasteiger charge is -2.29. The Labute approximate surface area is 149 Å². The van der Waals surface area contributed by atoms with Crippen molar-refractivity contribution in [2.75, 3.05) is 13.7 Å². The summed E-state index contributed by atoms with van der Waals surface area (Å²) in [6.07, 6.45) is 1.73. The molecule has 136 valence electrons. The van der Waals surface area contributed by atoms with Crippen molar-refractivity contribution >= 4 is 11.7 Å². The highest BCUT2D eigenvalue weighted by atomic mass is 16.5. The van der Waals surface area contributed by atoms with Gasteiger partial charge in [0.05, 0.1) is 18.7 Å². The Bertz CT molecular complexity index is 683. The van der Waals surface area contributed by atoms with Gasteiger partial charge in [0.15, 0.2) is 11.5 Å². The Kier molecular flexibility index (Phi) is 5.55. The lowest BCUT2D eigenvalue weighted by molar-refractivity contribution is -0.129. The molecular weight excluding hydrogens is 318 g/mol. The van der Waals surface area contributed by atoms with E-state index >= 15 is 0 Å². The zero-order valence-corrected chi connectivity index (χ0v) is 15.6. The van der Waals surface area contributed by atoms with Crippen LogP contribution in [0, 0.1) is 5.41 Å². The monoisotopic (exact) mass is 345 g/mol. The molecule has 1 heterocycles. The topological polar surface area (TPSA) is 66.8 Å². The molecule has 0 spiro atoms. The number of amides is 1. The van der Waals surface area contributed by atoms with Crippen LogP contribution in [0.3, 0.4) is 0 Å². The maximum Gasteiger partial charge on any atom is 0.290 e. The smallest absolute Gasteiger partial charge is 0.290 e. The second-order valence-electron chi connectivity index (χ2n) is 7.37. The van der Waals surface area contributed by atoms with E-state index in [1.807, 2.05) is 19.1 Å². The molecule has 0 saturated carbocycles. The number of carbonyl (C=O) groups excluding carboxylic acids is 2.